The topological polar surface area (TPSA) is 23.6 Å². The minimum absolute atomic E-state index is 0.357. The molecule has 0 aromatic rings. The molecule has 0 aromatic heterocycles. The maximum atomic E-state index is 12.7. The molecule has 24 heavy (non-hydrogen) atoms. The second-order valence-electron chi connectivity index (χ2n) is 8.11. The third kappa shape index (κ3) is 5.82. The molecule has 0 spiro atoms. The van der Waals surface area contributed by atoms with Crippen molar-refractivity contribution in [2.75, 3.05) is 20.1 Å². The van der Waals surface area contributed by atoms with E-state index in [-0.39, 0.29) is 0 Å². The minimum Gasteiger partial charge on any atom is -0.375 e. The molecule has 3 atom stereocenters. The zero-order chi connectivity index (χ0) is 18.3. The van der Waals surface area contributed by atoms with Gasteiger partial charge in [-0.3, -0.25) is 4.79 Å². The summed E-state index contributed by atoms with van der Waals surface area (Å²) in [5.74, 6) is 1.94. The molecule has 0 bridgehead atoms. The first-order chi connectivity index (χ1) is 11.3. The average Bonchev–Trinajstić information content (AvgIpc) is 3.07. The number of amides is 1. The van der Waals surface area contributed by atoms with E-state index in [1.54, 1.807) is 0 Å². The van der Waals surface area contributed by atoms with Crippen molar-refractivity contribution in [1.82, 2.24) is 9.80 Å². The molecule has 0 radical (unpaired) electrons. The van der Waals surface area contributed by atoms with Gasteiger partial charge in [-0.1, -0.05) is 54.0 Å². The van der Waals surface area contributed by atoms with Crippen molar-refractivity contribution < 1.29 is 4.79 Å². The van der Waals surface area contributed by atoms with Gasteiger partial charge in [0.1, 0.15) is 0 Å². The van der Waals surface area contributed by atoms with Crippen molar-refractivity contribution in [2.45, 2.75) is 79.2 Å². The van der Waals surface area contributed by atoms with Crippen LogP contribution in [-0.2, 0) is 4.79 Å². The van der Waals surface area contributed by atoms with Gasteiger partial charge < -0.3 is 9.80 Å². The van der Waals surface area contributed by atoms with Gasteiger partial charge in [0.25, 0.3) is 0 Å². The SMILES string of the molecule is C=C(CC(C)C)N(C)[C@H]([C@H](CC)CC(=O)N1CCCC1)[C@@H](C)CC. The molecular weight excluding hydrogens is 296 g/mol. The highest BCUT2D eigenvalue weighted by atomic mass is 16.2. The van der Waals surface area contributed by atoms with Gasteiger partial charge >= 0.3 is 0 Å². The van der Waals surface area contributed by atoms with Crippen molar-refractivity contribution in [3.8, 4) is 0 Å². The maximum Gasteiger partial charge on any atom is 0.222 e. The summed E-state index contributed by atoms with van der Waals surface area (Å²) < 4.78 is 0. The van der Waals surface area contributed by atoms with Gasteiger partial charge in [-0.25, -0.2) is 0 Å². The summed E-state index contributed by atoms with van der Waals surface area (Å²) in [6.07, 6.45) is 6.24. The lowest BCUT2D eigenvalue weighted by Crippen LogP contribution is -2.44. The lowest BCUT2D eigenvalue weighted by molar-refractivity contribution is -0.131. The smallest absolute Gasteiger partial charge is 0.222 e. The lowest BCUT2D eigenvalue weighted by Gasteiger charge is -2.41. The summed E-state index contributed by atoms with van der Waals surface area (Å²) in [6, 6.07) is 0.401. The first kappa shape index (κ1) is 21.1. The molecular formula is C21H40N2O. The first-order valence-electron chi connectivity index (χ1n) is 10.00. The van der Waals surface area contributed by atoms with Crippen LogP contribution in [0.15, 0.2) is 12.3 Å². The first-order valence-corrected chi connectivity index (χ1v) is 10.00. The highest BCUT2D eigenvalue weighted by Crippen LogP contribution is 2.31. The number of carbonyl (C=O) groups is 1. The molecule has 1 rings (SSSR count). The summed E-state index contributed by atoms with van der Waals surface area (Å²) in [5, 5.41) is 0. The second-order valence-corrected chi connectivity index (χ2v) is 8.11. The molecule has 3 heteroatoms. The van der Waals surface area contributed by atoms with Crippen LogP contribution < -0.4 is 0 Å². The average molecular weight is 337 g/mol. The van der Waals surface area contributed by atoms with E-state index in [1.165, 1.54) is 18.5 Å². The highest BCUT2D eigenvalue weighted by Gasteiger charge is 2.32. The molecule has 1 heterocycles. The Morgan fingerprint density at radius 2 is 1.67 bits per heavy atom. The summed E-state index contributed by atoms with van der Waals surface area (Å²) in [4.78, 5) is 17.1. The molecule has 1 amide bonds. The fraction of sp³-hybridized carbons (Fsp3) is 0.857. The molecule has 1 fully saturated rings. The molecule has 3 nitrogen and oxygen atoms in total. The third-order valence-corrected chi connectivity index (χ3v) is 5.72. The highest BCUT2D eigenvalue weighted by molar-refractivity contribution is 5.76. The summed E-state index contributed by atoms with van der Waals surface area (Å²) in [5.41, 5.74) is 1.21. The standard InChI is InChI=1S/C21H40N2O/c1-8-17(5)21(22(7)18(6)14-16(3)4)19(9-2)15-20(24)23-12-10-11-13-23/h16-17,19,21H,6,8-15H2,1-5,7H3/t17-,19+,21-/m0/s1. The van der Waals surface area contributed by atoms with Gasteiger partial charge in [-0.2, -0.15) is 0 Å². The van der Waals surface area contributed by atoms with Crippen molar-refractivity contribution in [3.05, 3.63) is 12.3 Å². The number of carbonyl (C=O) groups excluding carboxylic acids is 1. The van der Waals surface area contributed by atoms with Gasteiger partial charge in [0.15, 0.2) is 0 Å². The molecule has 0 unspecified atom stereocenters. The molecule has 1 saturated heterocycles. The van der Waals surface area contributed by atoms with Crippen LogP contribution in [0.1, 0.15) is 73.1 Å². The largest absolute Gasteiger partial charge is 0.375 e. The Balaban J connectivity index is 2.85. The number of allylic oxidation sites excluding steroid dienone is 1. The molecule has 0 N–H and O–H groups in total. The van der Waals surface area contributed by atoms with E-state index < -0.39 is 0 Å². The fourth-order valence-electron chi connectivity index (χ4n) is 4.06. The van der Waals surface area contributed by atoms with Gasteiger partial charge in [-0.15, -0.1) is 0 Å². The van der Waals surface area contributed by atoms with Crippen LogP contribution in [0.5, 0.6) is 0 Å². The van der Waals surface area contributed by atoms with Crippen LogP contribution in [0.4, 0.5) is 0 Å². The molecule has 0 aromatic carbocycles. The maximum absolute atomic E-state index is 12.7. The van der Waals surface area contributed by atoms with Gasteiger partial charge in [0.2, 0.25) is 5.91 Å². The van der Waals surface area contributed by atoms with E-state index in [0.717, 1.165) is 32.4 Å². The van der Waals surface area contributed by atoms with E-state index in [1.807, 2.05) is 0 Å². The van der Waals surface area contributed by atoms with E-state index in [0.29, 0.717) is 36.1 Å². The van der Waals surface area contributed by atoms with Crippen molar-refractivity contribution >= 4 is 5.91 Å². The quantitative estimate of drug-likeness (QED) is 0.564. The molecule has 0 aliphatic carbocycles. The van der Waals surface area contributed by atoms with Crippen molar-refractivity contribution in [2.24, 2.45) is 17.8 Å². The Bertz CT molecular complexity index is 399. The number of nitrogens with zero attached hydrogens (tertiary/aromatic N) is 2. The lowest BCUT2D eigenvalue weighted by atomic mass is 9.82. The van der Waals surface area contributed by atoms with Crippen molar-refractivity contribution in [1.29, 1.82) is 0 Å². The van der Waals surface area contributed by atoms with Crippen LogP contribution in [-0.4, -0.2) is 41.9 Å². The third-order valence-electron chi connectivity index (χ3n) is 5.72. The van der Waals surface area contributed by atoms with E-state index in [4.69, 9.17) is 0 Å². The van der Waals surface area contributed by atoms with Crippen LogP contribution >= 0.6 is 0 Å². The number of hydrogen-bond acceptors (Lipinski definition) is 2. The van der Waals surface area contributed by atoms with Gasteiger partial charge in [-0.05, 0) is 37.0 Å². The molecule has 0 saturated carbocycles. The number of likely N-dealkylation sites (tertiary alicyclic amines) is 1. The molecule has 140 valence electrons. The number of hydrogen-bond donors (Lipinski definition) is 0. The summed E-state index contributed by atoms with van der Waals surface area (Å²) in [6.45, 7) is 17.5. The predicted molar refractivity (Wildman–Crippen MR) is 104 cm³/mol. The fourth-order valence-corrected chi connectivity index (χ4v) is 4.06. The minimum atomic E-state index is 0.357. The van der Waals surface area contributed by atoms with Crippen LogP contribution in [0.2, 0.25) is 0 Å². The van der Waals surface area contributed by atoms with Gasteiger partial charge in [0.05, 0.1) is 0 Å². The monoisotopic (exact) mass is 336 g/mol. The van der Waals surface area contributed by atoms with Crippen LogP contribution in [0.3, 0.4) is 0 Å². The summed E-state index contributed by atoms with van der Waals surface area (Å²) >= 11 is 0. The van der Waals surface area contributed by atoms with Crippen molar-refractivity contribution in [3.63, 3.8) is 0 Å². The van der Waals surface area contributed by atoms with E-state index in [9.17, 15) is 4.79 Å². The Hall–Kier alpha value is -0.990. The molecule has 1 aliphatic rings. The Morgan fingerprint density at radius 3 is 2.12 bits per heavy atom. The van der Waals surface area contributed by atoms with E-state index >= 15 is 0 Å². The Labute approximate surface area is 150 Å². The zero-order valence-corrected chi connectivity index (χ0v) is 17.0. The number of rotatable bonds is 10. The normalized spacial score (nSPS) is 18.5. The second kappa shape index (κ2) is 10.1. The Morgan fingerprint density at radius 1 is 1.08 bits per heavy atom. The van der Waals surface area contributed by atoms with Crippen LogP contribution in [0, 0.1) is 17.8 Å². The van der Waals surface area contributed by atoms with Gasteiger partial charge in [0, 0.05) is 38.3 Å². The predicted octanol–water partition coefficient (Wildman–Crippen LogP) is 4.93. The summed E-state index contributed by atoms with van der Waals surface area (Å²) in [7, 11) is 2.19. The Kier molecular flexibility index (Phi) is 8.86. The zero-order valence-electron chi connectivity index (χ0n) is 17.0. The van der Waals surface area contributed by atoms with E-state index in [2.05, 4.69) is 58.0 Å². The van der Waals surface area contributed by atoms with Crippen LogP contribution in [0.25, 0.3) is 0 Å². The molecule has 1 aliphatic heterocycles.